The van der Waals surface area contributed by atoms with Gasteiger partial charge in [-0.3, -0.25) is 9.59 Å². The molecule has 29 heavy (non-hydrogen) atoms. The van der Waals surface area contributed by atoms with Crippen molar-refractivity contribution in [3.05, 3.63) is 53.6 Å². The predicted octanol–water partition coefficient (Wildman–Crippen LogP) is 5.65. The van der Waals surface area contributed by atoms with E-state index in [0.717, 1.165) is 23.3 Å². The van der Waals surface area contributed by atoms with Crippen LogP contribution in [0.1, 0.15) is 64.0 Å². The summed E-state index contributed by atoms with van der Waals surface area (Å²) in [4.78, 5) is 24.6. The van der Waals surface area contributed by atoms with Gasteiger partial charge in [0.25, 0.3) is 5.91 Å². The van der Waals surface area contributed by atoms with E-state index in [9.17, 15) is 9.59 Å². The highest BCUT2D eigenvalue weighted by Gasteiger charge is 2.21. The second-order valence-electron chi connectivity index (χ2n) is 7.28. The van der Waals surface area contributed by atoms with Crippen molar-refractivity contribution >= 4 is 23.2 Å². The Morgan fingerprint density at radius 2 is 1.72 bits per heavy atom. The lowest BCUT2D eigenvalue weighted by Crippen LogP contribution is -2.32. The molecule has 0 heterocycles. The van der Waals surface area contributed by atoms with Crippen molar-refractivity contribution in [2.24, 2.45) is 0 Å². The summed E-state index contributed by atoms with van der Waals surface area (Å²) in [6, 6.07) is 13.4. The van der Waals surface area contributed by atoms with Crippen LogP contribution < -0.4 is 15.4 Å². The van der Waals surface area contributed by atoms with Crippen LogP contribution in [0.25, 0.3) is 0 Å². The molecule has 2 aromatic rings. The Labute approximate surface area is 173 Å². The van der Waals surface area contributed by atoms with E-state index in [1.165, 1.54) is 0 Å². The molecule has 0 saturated carbocycles. The first-order valence-corrected chi connectivity index (χ1v) is 10.4. The fourth-order valence-electron chi connectivity index (χ4n) is 2.99. The second-order valence-corrected chi connectivity index (χ2v) is 7.28. The normalized spacial score (nSPS) is 12.7. The van der Waals surface area contributed by atoms with Crippen LogP contribution >= 0.6 is 0 Å². The largest absolute Gasteiger partial charge is 0.480 e. The number of para-hydroxylation sites is 1. The summed E-state index contributed by atoms with van der Waals surface area (Å²) < 4.78 is 6.11. The van der Waals surface area contributed by atoms with Gasteiger partial charge in [0.05, 0.1) is 0 Å². The Bertz CT molecular complexity index is 848. The number of nitrogens with one attached hydrogen (secondary N) is 2. The van der Waals surface area contributed by atoms with E-state index in [0.29, 0.717) is 30.1 Å². The molecule has 156 valence electrons. The SMILES string of the molecule is CCC(=O)Nc1cc(NC(=O)C(CC)Oc2ccccc2C(C)CC)ccc1C. The first-order chi connectivity index (χ1) is 13.9. The molecule has 5 heteroatoms. The minimum Gasteiger partial charge on any atom is -0.480 e. The van der Waals surface area contributed by atoms with Crippen molar-refractivity contribution < 1.29 is 14.3 Å². The molecule has 2 atom stereocenters. The molecule has 0 aromatic heterocycles. The van der Waals surface area contributed by atoms with Gasteiger partial charge in [0.15, 0.2) is 6.10 Å². The molecule has 0 aliphatic carbocycles. The molecule has 0 aliphatic rings. The molecule has 2 aromatic carbocycles. The molecule has 0 radical (unpaired) electrons. The first kappa shape index (κ1) is 22.5. The molecular weight excluding hydrogens is 364 g/mol. The van der Waals surface area contributed by atoms with E-state index in [2.05, 4.69) is 30.5 Å². The van der Waals surface area contributed by atoms with E-state index in [1.54, 1.807) is 13.0 Å². The molecule has 0 spiro atoms. The standard InChI is InChI=1S/C24H32N2O3/c1-6-16(4)19-11-9-10-12-22(19)29-21(7-2)24(28)25-18-14-13-17(5)20(15-18)26-23(27)8-3/h9-16,21H,6-8H2,1-5H3,(H,25,28)(H,26,27). The monoisotopic (exact) mass is 396 g/mol. The average Bonchev–Trinajstić information content (AvgIpc) is 2.73. The smallest absolute Gasteiger partial charge is 0.265 e. The highest BCUT2D eigenvalue weighted by Crippen LogP contribution is 2.30. The number of aryl methyl sites for hydroxylation is 1. The van der Waals surface area contributed by atoms with Crippen LogP contribution in [0.15, 0.2) is 42.5 Å². The zero-order valence-electron chi connectivity index (χ0n) is 18.0. The van der Waals surface area contributed by atoms with E-state index < -0.39 is 6.10 Å². The highest BCUT2D eigenvalue weighted by molar-refractivity contribution is 5.96. The Balaban J connectivity index is 2.15. The van der Waals surface area contributed by atoms with Crippen molar-refractivity contribution in [3.63, 3.8) is 0 Å². The van der Waals surface area contributed by atoms with E-state index in [-0.39, 0.29) is 11.8 Å². The number of amides is 2. The van der Waals surface area contributed by atoms with Gasteiger partial charge in [-0.2, -0.15) is 0 Å². The van der Waals surface area contributed by atoms with Crippen LogP contribution in [0.2, 0.25) is 0 Å². The third kappa shape index (κ3) is 6.08. The molecule has 0 fully saturated rings. The number of rotatable bonds is 9. The summed E-state index contributed by atoms with van der Waals surface area (Å²) in [5.41, 5.74) is 3.38. The lowest BCUT2D eigenvalue weighted by molar-refractivity contribution is -0.122. The van der Waals surface area contributed by atoms with E-state index in [1.807, 2.05) is 44.2 Å². The minimum absolute atomic E-state index is 0.0620. The highest BCUT2D eigenvalue weighted by atomic mass is 16.5. The van der Waals surface area contributed by atoms with Gasteiger partial charge in [-0.15, -0.1) is 0 Å². The number of carbonyl (C=O) groups excluding carboxylic acids is 2. The van der Waals surface area contributed by atoms with Gasteiger partial charge in [-0.1, -0.05) is 52.0 Å². The maximum atomic E-state index is 12.8. The van der Waals surface area contributed by atoms with Gasteiger partial charge < -0.3 is 15.4 Å². The molecule has 0 aliphatic heterocycles. The second kappa shape index (κ2) is 10.6. The quantitative estimate of drug-likeness (QED) is 0.575. The lowest BCUT2D eigenvalue weighted by Gasteiger charge is -2.21. The van der Waals surface area contributed by atoms with Gasteiger partial charge in [-0.25, -0.2) is 0 Å². The lowest BCUT2D eigenvalue weighted by atomic mass is 9.98. The van der Waals surface area contributed by atoms with Gasteiger partial charge in [0.1, 0.15) is 5.75 Å². The summed E-state index contributed by atoms with van der Waals surface area (Å²) in [6.45, 7) is 9.94. The van der Waals surface area contributed by atoms with Crippen LogP contribution in [0, 0.1) is 6.92 Å². The van der Waals surface area contributed by atoms with Crippen LogP contribution in [0.3, 0.4) is 0 Å². The summed E-state index contributed by atoms with van der Waals surface area (Å²) in [7, 11) is 0. The minimum atomic E-state index is -0.602. The Morgan fingerprint density at radius 3 is 2.38 bits per heavy atom. The molecule has 2 rings (SSSR count). The third-order valence-electron chi connectivity index (χ3n) is 5.10. The van der Waals surface area contributed by atoms with Gasteiger partial charge >= 0.3 is 0 Å². The zero-order valence-corrected chi connectivity index (χ0v) is 18.0. The maximum Gasteiger partial charge on any atom is 0.265 e. The Kier molecular flexibility index (Phi) is 8.25. The van der Waals surface area contributed by atoms with Gasteiger partial charge in [0.2, 0.25) is 5.91 Å². The zero-order chi connectivity index (χ0) is 21.4. The van der Waals surface area contributed by atoms with Crippen molar-refractivity contribution in [2.45, 2.75) is 65.9 Å². The number of ether oxygens (including phenoxy) is 1. The number of anilines is 2. The van der Waals surface area contributed by atoms with Crippen molar-refractivity contribution in [3.8, 4) is 5.75 Å². The molecule has 5 nitrogen and oxygen atoms in total. The van der Waals surface area contributed by atoms with Gasteiger partial charge in [-0.05, 0) is 55.0 Å². The molecule has 2 N–H and O–H groups in total. The fourth-order valence-corrected chi connectivity index (χ4v) is 2.99. The third-order valence-corrected chi connectivity index (χ3v) is 5.10. The summed E-state index contributed by atoms with van der Waals surface area (Å²) in [5, 5.41) is 5.78. The number of carbonyl (C=O) groups is 2. The van der Waals surface area contributed by atoms with Crippen molar-refractivity contribution in [2.75, 3.05) is 10.6 Å². The van der Waals surface area contributed by atoms with E-state index in [4.69, 9.17) is 4.74 Å². The molecule has 2 amide bonds. The van der Waals surface area contributed by atoms with Crippen LogP contribution in [0.5, 0.6) is 5.75 Å². The van der Waals surface area contributed by atoms with Gasteiger partial charge in [0, 0.05) is 17.8 Å². The predicted molar refractivity (Wildman–Crippen MR) is 119 cm³/mol. The fraction of sp³-hybridized carbons (Fsp3) is 0.417. The Morgan fingerprint density at radius 1 is 1.00 bits per heavy atom. The number of hydrogen-bond donors (Lipinski definition) is 2. The van der Waals surface area contributed by atoms with E-state index >= 15 is 0 Å². The number of benzene rings is 2. The van der Waals surface area contributed by atoms with Crippen LogP contribution in [-0.2, 0) is 9.59 Å². The molecule has 0 saturated heterocycles. The first-order valence-electron chi connectivity index (χ1n) is 10.4. The summed E-state index contributed by atoms with van der Waals surface area (Å²) in [6.07, 6.45) is 1.35. The van der Waals surface area contributed by atoms with Crippen LogP contribution in [-0.4, -0.2) is 17.9 Å². The summed E-state index contributed by atoms with van der Waals surface area (Å²) >= 11 is 0. The topological polar surface area (TPSA) is 67.4 Å². The van der Waals surface area contributed by atoms with Crippen molar-refractivity contribution in [1.82, 2.24) is 0 Å². The summed E-state index contributed by atoms with van der Waals surface area (Å²) in [5.74, 6) is 0.841. The molecular formula is C24H32N2O3. The maximum absolute atomic E-state index is 12.8. The Hall–Kier alpha value is -2.82. The van der Waals surface area contributed by atoms with Crippen LogP contribution in [0.4, 0.5) is 11.4 Å². The molecule has 2 unspecified atom stereocenters. The van der Waals surface area contributed by atoms with Crippen molar-refractivity contribution in [1.29, 1.82) is 0 Å². The number of hydrogen-bond acceptors (Lipinski definition) is 3. The molecule has 0 bridgehead atoms. The average molecular weight is 397 g/mol.